The number of aliphatic hydroxyl groups excluding tert-OH is 2. The Labute approximate surface area is 649 Å². The molecule has 16 nitrogen and oxygen atoms in total. The number of carbonyl (C=O) groups excluding carboxylic acids is 3. The maximum atomic E-state index is 12.9. The van der Waals surface area contributed by atoms with Crippen molar-refractivity contribution in [3.63, 3.8) is 0 Å². The molecule has 608 valence electrons. The number of phosphoric ester groups is 2. The number of allylic oxidation sites excluding steroid dienone is 30. The molecule has 0 rings (SSSR count). The van der Waals surface area contributed by atoms with E-state index in [2.05, 4.69) is 173 Å². The van der Waals surface area contributed by atoms with Gasteiger partial charge in [-0.1, -0.05) is 325 Å². The van der Waals surface area contributed by atoms with Crippen molar-refractivity contribution in [3.8, 4) is 0 Å². The van der Waals surface area contributed by atoms with Crippen molar-refractivity contribution in [3.05, 3.63) is 182 Å². The third kappa shape index (κ3) is 81.5. The number of aliphatic hydroxyl groups is 2. The van der Waals surface area contributed by atoms with Gasteiger partial charge in [-0.15, -0.1) is 0 Å². The molecule has 5 atom stereocenters. The summed E-state index contributed by atoms with van der Waals surface area (Å²) >= 11 is 0. The molecule has 0 aliphatic heterocycles. The zero-order valence-corrected chi connectivity index (χ0v) is 68.3. The van der Waals surface area contributed by atoms with Gasteiger partial charge >= 0.3 is 33.6 Å². The normalized spacial score (nSPS) is 14.9. The SMILES string of the molecule is CC/C=C\C/C=C\C/C=C\C/C=C\C/C=C\C/C=C\CCC(=O)OCC(COP(=O)(O)OCC(O)COP(=O)(O)OCC(O)COC(=O)CCCCCCCCCCCCCCCCCCCCC/C=C\C/C=C\C/C=C\C/C=C\CCCCC)OC(=O)CCC/C=C\C/C=C\C/C=C\C/C=C\C/C=C\CC. The van der Waals surface area contributed by atoms with Gasteiger partial charge in [0.2, 0.25) is 0 Å². The van der Waals surface area contributed by atoms with Crippen molar-refractivity contribution < 1.29 is 75.8 Å². The van der Waals surface area contributed by atoms with E-state index in [0.717, 1.165) is 103 Å². The van der Waals surface area contributed by atoms with E-state index in [0.29, 0.717) is 32.1 Å². The number of carbonyl (C=O) groups is 3. The Balaban J connectivity index is 4.51. The number of unbranched alkanes of at least 4 members (excludes halogenated alkanes) is 23. The molecular weight excluding hydrogens is 1390 g/mol. The van der Waals surface area contributed by atoms with Gasteiger partial charge in [0.05, 0.1) is 26.4 Å². The van der Waals surface area contributed by atoms with Crippen LogP contribution in [0.2, 0.25) is 0 Å². The van der Waals surface area contributed by atoms with E-state index in [1.54, 1.807) is 0 Å². The van der Waals surface area contributed by atoms with Crippen LogP contribution in [-0.4, -0.2) is 95.9 Å². The lowest BCUT2D eigenvalue weighted by Gasteiger charge is -2.21. The minimum Gasteiger partial charge on any atom is -0.463 e. The van der Waals surface area contributed by atoms with Crippen LogP contribution in [0.1, 0.15) is 303 Å². The fourth-order valence-electron chi connectivity index (χ4n) is 10.4. The van der Waals surface area contributed by atoms with E-state index >= 15 is 0 Å². The fourth-order valence-corrected chi connectivity index (χ4v) is 12.0. The van der Waals surface area contributed by atoms with Crippen LogP contribution in [0.15, 0.2) is 182 Å². The zero-order valence-electron chi connectivity index (χ0n) is 66.5. The topological polar surface area (TPSA) is 231 Å². The highest BCUT2D eigenvalue weighted by molar-refractivity contribution is 7.47. The lowest BCUT2D eigenvalue weighted by atomic mass is 10.0. The van der Waals surface area contributed by atoms with E-state index in [9.17, 15) is 43.5 Å². The Morgan fingerprint density at radius 1 is 0.271 bits per heavy atom. The smallest absolute Gasteiger partial charge is 0.463 e. The van der Waals surface area contributed by atoms with Gasteiger partial charge in [0, 0.05) is 19.3 Å². The first-order valence-corrected chi connectivity index (χ1v) is 44.1. The lowest BCUT2D eigenvalue weighted by molar-refractivity contribution is -0.161. The number of rotatable bonds is 76. The van der Waals surface area contributed by atoms with Crippen molar-refractivity contribution in [1.29, 1.82) is 0 Å². The molecule has 0 aromatic rings. The maximum Gasteiger partial charge on any atom is 0.472 e. The predicted molar refractivity (Wildman–Crippen MR) is 445 cm³/mol. The number of esters is 3. The average molecular weight is 1530 g/mol. The van der Waals surface area contributed by atoms with Crippen molar-refractivity contribution in [1.82, 2.24) is 0 Å². The molecule has 0 aliphatic rings. The van der Waals surface area contributed by atoms with Crippen LogP contribution in [0.4, 0.5) is 0 Å². The minimum atomic E-state index is -4.97. The predicted octanol–water partition coefficient (Wildman–Crippen LogP) is 24.5. The van der Waals surface area contributed by atoms with Gasteiger partial charge in [-0.25, -0.2) is 9.13 Å². The largest absolute Gasteiger partial charge is 0.472 e. The van der Waals surface area contributed by atoms with E-state index in [1.165, 1.54) is 128 Å². The second-order valence-electron chi connectivity index (χ2n) is 26.8. The van der Waals surface area contributed by atoms with Crippen LogP contribution in [0.25, 0.3) is 0 Å². The van der Waals surface area contributed by atoms with Crippen LogP contribution >= 0.6 is 15.6 Å². The van der Waals surface area contributed by atoms with Crippen LogP contribution in [-0.2, 0) is 55.8 Å². The summed E-state index contributed by atoms with van der Waals surface area (Å²) in [7, 11) is -9.84. The van der Waals surface area contributed by atoms with Gasteiger partial charge in [-0.2, -0.15) is 0 Å². The lowest BCUT2D eigenvalue weighted by Crippen LogP contribution is -2.30. The Kier molecular flexibility index (Phi) is 76.2. The molecule has 0 aromatic heterocycles. The van der Waals surface area contributed by atoms with E-state index in [4.69, 9.17) is 32.3 Å². The first-order valence-electron chi connectivity index (χ1n) is 41.1. The highest BCUT2D eigenvalue weighted by atomic mass is 31.2. The molecule has 0 radical (unpaired) electrons. The average Bonchev–Trinajstić information content (AvgIpc) is 0.923. The second kappa shape index (κ2) is 80.2. The highest BCUT2D eigenvalue weighted by Gasteiger charge is 2.29. The van der Waals surface area contributed by atoms with Crippen molar-refractivity contribution in [2.75, 3.05) is 39.6 Å². The molecule has 18 heteroatoms. The molecule has 0 spiro atoms. The molecular formula is C89H146O16P2. The monoisotopic (exact) mass is 1530 g/mol. The van der Waals surface area contributed by atoms with Gasteiger partial charge in [-0.05, 0) is 141 Å². The van der Waals surface area contributed by atoms with Crippen LogP contribution in [0.3, 0.4) is 0 Å². The molecule has 0 aliphatic carbocycles. The summed E-state index contributed by atoms with van der Waals surface area (Å²) in [5.74, 6) is -1.75. The fraction of sp³-hybridized carbons (Fsp3) is 0.629. The molecule has 0 saturated heterocycles. The second-order valence-corrected chi connectivity index (χ2v) is 29.7. The van der Waals surface area contributed by atoms with Gasteiger partial charge in [-0.3, -0.25) is 32.5 Å². The van der Waals surface area contributed by atoms with E-state index in [1.807, 2.05) is 30.4 Å². The Morgan fingerprint density at radius 2 is 0.523 bits per heavy atom. The van der Waals surface area contributed by atoms with Crippen LogP contribution < -0.4 is 0 Å². The van der Waals surface area contributed by atoms with Crippen LogP contribution in [0, 0.1) is 0 Å². The summed E-state index contributed by atoms with van der Waals surface area (Å²) in [4.78, 5) is 58.6. The van der Waals surface area contributed by atoms with E-state index in [-0.39, 0.29) is 19.3 Å². The standard InChI is InChI=1S/C89H146O16P2/c1-4-7-10-13-16-19-22-25-28-31-33-34-35-36-37-38-39-40-41-42-43-44-45-46-47-48-50-53-54-57-60-63-66-69-72-75-87(92)99-78-84(90)79-101-106(95,96)102-80-85(91)81-103-107(97,98)104-83-86(105-89(94)77-74-71-68-65-62-59-56-51-30-27-24-21-18-15-12-9-6-3)82-100-88(93)76-73-70-67-64-61-58-55-52-49-32-29-26-23-20-17-14-11-8-5-2/h8-9,11-12,16-21,25-30,33-34,36-37,49,52,56,58-59,61,65,67-68,70,84-86,90-91H,4-7,10,13-15,22-24,31-32,35,38-48,50-51,53-55,57,60,62-64,66,69,71-83H2,1-3H3,(H,95,96)(H,97,98)/b11-8-,12-9-,19-16-,20-17-,21-18-,28-25-,29-26-,30-27-,34-33-,37-36-,52-49-,59-56-,61-58-,68-65-,70-67-. The zero-order chi connectivity index (χ0) is 78.0. The molecule has 0 amide bonds. The van der Waals surface area contributed by atoms with Gasteiger partial charge < -0.3 is 34.2 Å². The third-order valence-corrected chi connectivity index (χ3v) is 18.5. The summed E-state index contributed by atoms with van der Waals surface area (Å²) in [5.41, 5.74) is 0. The number of hydrogen-bond acceptors (Lipinski definition) is 14. The van der Waals surface area contributed by atoms with E-state index < -0.39 is 91.5 Å². The Bertz CT molecular complexity index is 2670. The summed E-state index contributed by atoms with van der Waals surface area (Å²) < 4.78 is 61.0. The molecule has 4 N–H and O–H groups in total. The number of hydrogen-bond donors (Lipinski definition) is 4. The first kappa shape index (κ1) is 102. The van der Waals surface area contributed by atoms with Crippen molar-refractivity contribution in [2.24, 2.45) is 0 Å². The van der Waals surface area contributed by atoms with Crippen molar-refractivity contribution in [2.45, 2.75) is 322 Å². The molecule has 0 heterocycles. The van der Waals surface area contributed by atoms with Crippen LogP contribution in [0.5, 0.6) is 0 Å². The Morgan fingerprint density at radius 3 is 0.869 bits per heavy atom. The first-order chi connectivity index (χ1) is 52.2. The number of phosphoric acid groups is 2. The summed E-state index contributed by atoms with van der Waals surface area (Å²) in [6, 6.07) is 0. The van der Waals surface area contributed by atoms with Crippen molar-refractivity contribution >= 4 is 33.6 Å². The van der Waals surface area contributed by atoms with Gasteiger partial charge in [0.15, 0.2) is 6.10 Å². The summed E-state index contributed by atoms with van der Waals surface area (Å²) in [6.45, 7) is 2.25. The molecule has 107 heavy (non-hydrogen) atoms. The summed E-state index contributed by atoms with van der Waals surface area (Å²) in [6.07, 6.45) is 104. The Hall–Kier alpha value is -5.35. The molecule has 0 aromatic carbocycles. The third-order valence-electron chi connectivity index (χ3n) is 16.6. The number of ether oxygens (including phenoxy) is 3. The maximum absolute atomic E-state index is 12.9. The molecule has 5 unspecified atom stereocenters. The quantitative estimate of drug-likeness (QED) is 0.0146. The minimum absolute atomic E-state index is 0.00363. The van der Waals surface area contributed by atoms with Gasteiger partial charge in [0.1, 0.15) is 25.4 Å². The van der Waals surface area contributed by atoms with Gasteiger partial charge in [0.25, 0.3) is 0 Å². The molecule has 0 fully saturated rings. The summed E-state index contributed by atoms with van der Waals surface area (Å²) in [5, 5.41) is 20.7. The molecule has 0 saturated carbocycles. The highest BCUT2D eigenvalue weighted by Crippen LogP contribution is 2.45. The molecule has 0 bridgehead atoms.